The first-order chi connectivity index (χ1) is 7.66. The normalized spacial score (nSPS) is 20.0. The van der Waals surface area contributed by atoms with Crippen LogP contribution in [-0.2, 0) is 11.3 Å². The Kier molecular flexibility index (Phi) is 3.56. The van der Waals surface area contributed by atoms with Crippen LogP contribution in [0, 0.1) is 13.8 Å². The van der Waals surface area contributed by atoms with Gasteiger partial charge in [-0.3, -0.25) is 4.79 Å². The van der Waals surface area contributed by atoms with Crippen molar-refractivity contribution >= 4 is 17.2 Å². The Morgan fingerprint density at radius 1 is 1.62 bits per heavy atom. The number of hydrogen-bond acceptors (Lipinski definition) is 4. The molecule has 1 aromatic heterocycles. The Labute approximate surface area is 99.5 Å². The second-order valence-corrected chi connectivity index (χ2v) is 5.40. The van der Waals surface area contributed by atoms with Crippen molar-refractivity contribution in [3.05, 3.63) is 15.6 Å². The van der Waals surface area contributed by atoms with E-state index in [0.29, 0.717) is 6.54 Å². The first-order valence-electron chi connectivity index (χ1n) is 5.61. The molecule has 1 atom stereocenters. The Morgan fingerprint density at radius 3 is 3.00 bits per heavy atom. The van der Waals surface area contributed by atoms with Gasteiger partial charge in [-0.2, -0.15) is 0 Å². The number of rotatable bonds is 3. The van der Waals surface area contributed by atoms with Gasteiger partial charge in [-0.05, 0) is 33.2 Å². The zero-order chi connectivity index (χ0) is 11.5. The topological polar surface area (TPSA) is 54.0 Å². The third-order valence-corrected chi connectivity index (χ3v) is 3.87. The van der Waals surface area contributed by atoms with E-state index in [4.69, 9.17) is 0 Å². The van der Waals surface area contributed by atoms with Gasteiger partial charge in [0.05, 0.1) is 23.3 Å². The van der Waals surface area contributed by atoms with E-state index in [-0.39, 0.29) is 11.9 Å². The number of carbonyl (C=O) groups excluding carboxylic acids is 1. The molecule has 5 heteroatoms. The number of thiazole rings is 1. The van der Waals surface area contributed by atoms with E-state index in [1.54, 1.807) is 11.3 Å². The maximum atomic E-state index is 11.7. The highest BCUT2D eigenvalue weighted by molar-refractivity contribution is 7.11. The van der Waals surface area contributed by atoms with Gasteiger partial charge in [-0.25, -0.2) is 4.98 Å². The molecular formula is C11H17N3OS. The van der Waals surface area contributed by atoms with Crippen molar-refractivity contribution in [3.63, 3.8) is 0 Å². The van der Waals surface area contributed by atoms with Gasteiger partial charge in [0.15, 0.2) is 0 Å². The van der Waals surface area contributed by atoms with Crippen LogP contribution >= 0.6 is 11.3 Å². The van der Waals surface area contributed by atoms with Gasteiger partial charge in [0.2, 0.25) is 5.91 Å². The summed E-state index contributed by atoms with van der Waals surface area (Å²) in [5.74, 6) is 0.114. The second-order valence-electron chi connectivity index (χ2n) is 4.11. The van der Waals surface area contributed by atoms with E-state index in [0.717, 1.165) is 35.0 Å². The average molecular weight is 239 g/mol. The Balaban J connectivity index is 1.87. The van der Waals surface area contributed by atoms with Crippen LogP contribution in [0.2, 0.25) is 0 Å². The molecule has 1 fully saturated rings. The third-order valence-electron chi connectivity index (χ3n) is 2.80. The van der Waals surface area contributed by atoms with Crippen LogP contribution < -0.4 is 10.6 Å². The summed E-state index contributed by atoms with van der Waals surface area (Å²) in [5, 5.41) is 7.21. The molecular weight excluding hydrogens is 222 g/mol. The molecule has 4 nitrogen and oxygen atoms in total. The molecule has 1 amide bonds. The standard InChI is InChI=1S/C11H17N3OS/c1-7-10(16-8(2)14-7)6-13-11(15)9-4-3-5-12-9/h9,12H,3-6H2,1-2H3,(H,13,15)/t9-/m0/s1. The fraction of sp³-hybridized carbons (Fsp3) is 0.636. The molecule has 1 aliphatic heterocycles. The van der Waals surface area contributed by atoms with Crippen LogP contribution in [0.1, 0.15) is 28.4 Å². The summed E-state index contributed by atoms with van der Waals surface area (Å²) in [6, 6.07) is 0.00863. The second kappa shape index (κ2) is 4.93. The zero-order valence-corrected chi connectivity index (χ0v) is 10.5. The third kappa shape index (κ3) is 2.59. The molecule has 16 heavy (non-hydrogen) atoms. The van der Waals surface area contributed by atoms with Gasteiger partial charge in [-0.1, -0.05) is 0 Å². The van der Waals surface area contributed by atoms with Crippen molar-refractivity contribution in [3.8, 4) is 0 Å². The highest BCUT2D eigenvalue weighted by Gasteiger charge is 2.21. The van der Waals surface area contributed by atoms with Crippen molar-refractivity contribution in [1.29, 1.82) is 0 Å². The van der Waals surface area contributed by atoms with Gasteiger partial charge in [0.1, 0.15) is 0 Å². The molecule has 0 aromatic carbocycles. The SMILES string of the molecule is Cc1nc(C)c(CNC(=O)[C@@H]2CCCN2)s1. The number of hydrogen-bond donors (Lipinski definition) is 2. The number of nitrogens with zero attached hydrogens (tertiary/aromatic N) is 1. The summed E-state index contributed by atoms with van der Waals surface area (Å²) < 4.78 is 0. The molecule has 2 N–H and O–H groups in total. The Bertz CT molecular complexity index is 383. The minimum absolute atomic E-state index is 0.00863. The van der Waals surface area contributed by atoms with E-state index in [2.05, 4.69) is 15.6 Å². The number of nitrogens with one attached hydrogen (secondary N) is 2. The monoisotopic (exact) mass is 239 g/mol. The smallest absolute Gasteiger partial charge is 0.237 e. The van der Waals surface area contributed by atoms with Crippen LogP contribution in [0.4, 0.5) is 0 Å². The van der Waals surface area contributed by atoms with Crippen molar-refractivity contribution in [1.82, 2.24) is 15.6 Å². The summed E-state index contributed by atoms with van der Waals surface area (Å²) in [6.07, 6.45) is 2.04. The van der Waals surface area contributed by atoms with E-state index in [9.17, 15) is 4.79 Å². The van der Waals surface area contributed by atoms with Gasteiger partial charge < -0.3 is 10.6 Å². The molecule has 0 aliphatic carbocycles. The van der Waals surface area contributed by atoms with Crippen molar-refractivity contribution in [2.24, 2.45) is 0 Å². The molecule has 0 bridgehead atoms. The largest absolute Gasteiger partial charge is 0.350 e. The van der Waals surface area contributed by atoms with Crippen LogP contribution in [0.3, 0.4) is 0 Å². The fourth-order valence-corrected chi connectivity index (χ4v) is 2.81. The van der Waals surface area contributed by atoms with Crippen LogP contribution in [-0.4, -0.2) is 23.5 Å². The molecule has 1 aliphatic rings. The molecule has 0 spiro atoms. The summed E-state index contributed by atoms with van der Waals surface area (Å²) in [5.41, 5.74) is 1.03. The first-order valence-corrected chi connectivity index (χ1v) is 6.42. The Morgan fingerprint density at radius 2 is 2.44 bits per heavy atom. The first kappa shape index (κ1) is 11.5. The minimum atomic E-state index is 0.00863. The fourth-order valence-electron chi connectivity index (χ4n) is 1.94. The number of amides is 1. The lowest BCUT2D eigenvalue weighted by molar-refractivity contribution is -0.122. The predicted molar refractivity (Wildman–Crippen MR) is 64.5 cm³/mol. The Hall–Kier alpha value is -0.940. The van der Waals surface area contributed by atoms with E-state index < -0.39 is 0 Å². The quantitative estimate of drug-likeness (QED) is 0.831. The van der Waals surface area contributed by atoms with Crippen molar-refractivity contribution < 1.29 is 4.79 Å². The lowest BCUT2D eigenvalue weighted by Gasteiger charge is -2.10. The minimum Gasteiger partial charge on any atom is -0.350 e. The molecule has 88 valence electrons. The lowest BCUT2D eigenvalue weighted by Crippen LogP contribution is -2.39. The summed E-state index contributed by atoms with van der Waals surface area (Å²) in [6.45, 7) is 5.53. The highest BCUT2D eigenvalue weighted by Crippen LogP contribution is 2.16. The zero-order valence-electron chi connectivity index (χ0n) is 9.67. The maximum Gasteiger partial charge on any atom is 0.237 e. The molecule has 0 unspecified atom stereocenters. The molecule has 0 radical (unpaired) electrons. The summed E-state index contributed by atoms with van der Waals surface area (Å²) >= 11 is 1.65. The van der Waals surface area contributed by atoms with Gasteiger partial charge in [0, 0.05) is 4.88 Å². The molecule has 2 rings (SSSR count). The summed E-state index contributed by atoms with van der Waals surface area (Å²) in [4.78, 5) is 17.2. The van der Waals surface area contributed by atoms with Crippen LogP contribution in [0.5, 0.6) is 0 Å². The van der Waals surface area contributed by atoms with Gasteiger partial charge in [0.25, 0.3) is 0 Å². The number of carbonyl (C=O) groups is 1. The van der Waals surface area contributed by atoms with Gasteiger partial charge in [-0.15, -0.1) is 11.3 Å². The van der Waals surface area contributed by atoms with Crippen LogP contribution in [0.15, 0.2) is 0 Å². The molecule has 1 aromatic rings. The van der Waals surface area contributed by atoms with Crippen molar-refractivity contribution in [2.45, 2.75) is 39.3 Å². The van der Waals surface area contributed by atoms with E-state index in [1.165, 1.54) is 0 Å². The number of aromatic nitrogens is 1. The van der Waals surface area contributed by atoms with Crippen molar-refractivity contribution in [2.75, 3.05) is 6.54 Å². The van der Waals surface area contributed by atoms with Crippen LogP contribution in [0.25, 0.3) is 0 Å². The van der Waals surface area contributed by atoms with E-state index >= 15 is 0 Å². The highest BCUT2D eigenvalue weighted by atomic mass is 32.1. The predicted octanol–water partition coefficient (Wildman–Crippen LogP) is 1.13. The molecule has 0 saturated carbocycles. The molecule has 1 saturated heterocycles. The summed E-state index contributed by atoms with van der Waals surface area (Å²) in [7, 11) is 0. The molecule has 2 heterocycles. The van der Waals surface area contributed by atoms with E-state index in [1.807, 2.05) is 13.8 Å². The number of aryl methyl sites for hydroxylation is 2. The van der Waals surface area contributed by atoms with Gasteiger partial charge >= 0.3 is 0 Å². The average Bonchev–Trinajstić information content (AvgIpc) is 2.84. The maximum absolute atomic E-state index is 11.7. The lowest BCUT2D eigenvalue weighted by atomic mass is 10.2.